The molecular weight excluding hydrogens is 281 g/mol. The van der Waals surface area contributed by atoms with Crippen molar-refractivity contribution in [3.05, 3.63) is 35.0 Å². The van der Waals surface area contributed by atoms with Crippen LogP contribution in [0.1, 0.15) is 22.5 Å². The van der Waals surface area contributed by atoms with Crippen molar-refractivity contribution in [1.82, 2.24) is 5.32 Å². The number of rotatable bonds is 4. The highest BCUT2D eigenvalue weighted by atomic mass is 32.1. The van der Waals surface area contributed by atoms with Gasteiger partial charge in [0.05, 0.1) is 10.3 Å². The Morgan fingerprint density at radius 2 is 2.10 bits per heavy atom. The van der Waals surface area contributed by atoms with E-state index in [0.29, 0.717) is 23.1 Å². The minimum atomic E-state index is -0.865. The lowest BCUT2D eigenvalue weighted by atomic mass is 10.1. The van der Waals surface area contributed by atoms with Gasteiger partial charge in [0.2, 0.25) is 0 Å². The average molecular weight is 293 g/mol. The summed E-state index contributed by atoms with van der Waals surface area (Å²) < 4.78 is 13.9. The van der Waals surface area contributed by atoms with Gasteiger partial charge in [-0.05, 0) is 42.5 Å². The lowest BCUT2D eigenvalue weighted by Gasteiger charge is -2.09. The number of thiophene rings is 1. The number of amides is 1. The van der Waals surface area contributed by atoms with E-state index in [-0.39, 0.29) is 18.3 Å². The van der Waals surface area contributed by atoms with Crippen LogP contribution >= 0.6 is 11.3 Å². The van der Waals surface area contributed by atoms with Crippen LogP contribution < -0.4 is 5.32 Å². The minimum Gasteiger partial charge on any atom is -0.481 e. The Balaban J connectivity index is 1.74. The van der Waals surface area contributed by atoms with E-state index in [1.54, 1.807) is 12.1 Å². The van der Waals surface area contributed by atoms with Gasteiger partial charge in [-0.1, -0.05) is 0 Å². The van der Waals surface area contributed by atoms with E-state index in [1.165, 1.54) is 23.5 Å². The number of aliphatic carboxylic acids is 1. The fraction of sp³-hybridized carbons (Fsp3) is 0.286. The van der Waals surface area contributed by atoms with Gasteiger partial charge in [-0.15, -0.1) is 11.3 Å². The Hall–Kier alpha value is -1.95. The van der Waals surface area contributed by atoms with Gasteiger partial charge in [-0.3, -0.25) is 9.59 Å². The van der Waals surface area contributed by atoms with Gasteiger partial charge in [0.25, 0.3) is 5.91 Å². The number of carboxylic acid groups (broad SMARTS) is 1. The smallest absolute Gasteiger partial charge is 0.311 e. The maximum atomic E-state index is 13.1. The summed E-state index contributed by atoms with van der Waals surface area (Å²) in [6, 6.07) is 5.98. The summed E-state index contributed by atoms with van der Waals surface area (Å²) in [5.41, 5.74) is -0.779. The molecule has 1 fully saturated rings. The van der Waals surface area contributed by atoms with Gasteiger partial charge in [-0.25, -0.2) is 4.39 Å². The number of nitrogens with one attached hydrogen (secondary N) is 1. The number of carboxylic acids is 1. The van der Waals surface area contributed by atoms with Crippen molar-refractivity contribution < 1.29 is 19.1 Å². The zero-order valence-electron chi connectivity index (χ0n) is 10.5. The maximum absolute atomic E-state index is 13.1. The molecular formula is C14H12FNO3S. The second-order valence-corrected chi connectivity index (χ2v) is 6.14. The van der Waals surface area contributed by atoms with Gasteiger partial charge < -0.3 is 10.4 Å². The molecule has 1 aromatic carbocycles. The number of hydrogen-bond donors (Lipinski definition) is 2. The Labute approximate surface area is 118 Å². The zero-order chi connectivity index (χ0) is 14.3. The quantitative estimate of drug-likeness (QED) is 0.910. The van der Waals surface area contributed by atoms with Crippen molar-refractivity contribution in [2.75, 3.05) is 6.54 Å². The Kier molecular flexibility index (Phi) is 2.97. The molecule has 0 radical (unpaired) electrons. The molecule has 4 nitrogen and oxygen atoms in total. The average Bonchev–Trinajstić information content (AvgIpc) is 3.09. The summed E-state index contributed by atoms with van der Waals surface area (Å²) in [6.45, 7) is 0.143. The first-order chi connectivity index (χ1) is 9.50. The molecule has 3 rings (SSSR count). The first kappa shape index (κ1) is 13.1. The summed E-state index contributed by atoms with van der Waals surface area (Å²) in [7, 11) is 0. The van der Waals surface area contributed by atoms with Crippen LogP contribution in [0, 0.1) is 11.2 Å². The molecule has 0 bridgehead atoms. The number of benzene rings is 1. The van der Waals surface area contributed by atoms with Gasteiger partial charge in [0.1, 0.15) is 5.82 Å². The van der Waals surface area contributed by atoms with Crippen molar-refractivity contribution in [1.29, 1.82) is 0 Å². The van der Waals surface area contributed by atoms with Gasteiger partial charge in [0.15, 0.2) is 0 Å². The lowest BCUT2D eigenvalue weighted by molar-refractivity contribution is -0.143. The van der Waals surface area contributed by atoms with Gasteiger partial charge in [0, 0.05) is 11.2 Å². The van der Waals surface area contributed by atoms with Crippen LogP contribution in [-0.2, 0) is 4.79 Å². The molecule has 2 N–H and O–H groups in total. The van der Waals surface area contributed by atoms with Crippen molar-refractivity contribution in [3.8, 4) is 0 Å². The third kappa shape index (κ3) is 2.27. The van der Waals surface area contributed by atoms with Crippen LogP contribution in [-0.4, -0.2) is 23.5 Å². The highest BCUT2D eigenvalue weighted by Gasteiger charge is 2.50. The van der Waals surface area contributed by atoms with E-state index in [4.69, 9.17) is 5.11 Å². The molecule has 1 amide bonds. The molecule has 20 heavy (non-hydrogen) atoms. The standard InChI is InChI=1S/C14H12FNO3S/c15-9-1-2-10-8(5-9)6-11(20-10)12(17)16-7-14(3-4-14)13(18)19/h1-2,5-6H,3-4,7H2,(H,16,17)(H,18,19). The zero-order valence-corrected chi connectivity index (χ0v) is 11.3. The fourth-order valence-corrected chi connectivity index (χ4v) is 3.04. The topological polar surface area (TPSA) is 66.4 Å². The number of carbonyl (C=O) groups is 2. The number of carbonyl (C=O) groups excluding carboxylic acids is 1. The summed E-state index contributed by atoms with van der Waals surface area (Å²) >= 11 is 1.27. The normalized spacial score (nSPS) is 16.1. The van der Waals surface area contributed by atoms with E-state index in [0.717, 1.165) is 4.70 Å². The fourth-order valence-electron chi connectivity index (χ4n) is 2.08. The third-order valence-corrected chi connectivity index (χ3v) is 4.71. The molecule has 0 spiro atoms. The molecule has 0 atom stereocenters. The molecule has 1 aliphatic rings. The minimum absolute atomic E-state index is 0.143. The molecule has 0 unspecified atom stereocenters. The van der Waals surface area contributed by atoms with E-state index >= 15 is 0 Å². The second-order valence-electron chi connectivity index (χ2n) is 5.06. The van der Waals surface area contributed by atoms with E-state index in [1.807, 2.05) is 0 Å². The SMILES string of the molecule is O=C(NCC1(C(=O)O)CC1)c1cc2cc(F)ccc2s1. The largest absolute Gasteiger partial charge is 0.481 e. The summed E-state index contributed by atoms with van der Waals surface area (Å²) in [6.07, 6.45) is 1.19. The van der Waals surface area contributed by atoms with Crippen molar-refractivity contribution in [2.45, 2.75) is 12.8 Å². The molecule has 1 saturated carbocycles. The van der Waals surface area contributed by atoms with Crippen LogP contribution in [0.3, 0.4) is 0 Å². The van der Waals surface area contributed by atoms with Crippen LogP contribution in [0.4, 0.5) is 4.39 Å². The first-order valence-electron chi connectivity index (χ1n) is 6.21. The molecule has 104 valence electrons. The maximum Gasteiger partial charge on any atom is 0.311 e. The molecule has 6 heteroatoms. The van der Waals surface area contributed by atoms with Crippen molar-refractivity contribution in [2.24, 2.45) is 5.41 Å². The predicted molar refractivity (Wildman–Crippen MR) is 73.4 cm³/mol. The summed E-state index contributed by atoms with van der Waals surface area (Å²) in [5.74, 6) is -1.51. The highest BCUT2D eigenvalue weighted by molar-refractivity contribution is 7.20. The first-order valence-corrected chi connectivity index (χ1v) is 7.03. The molecule has 1 aliphatic carbocycles. The number of halogens is 1. The van der Waals surface area contributed by atoms with E-state index in [2.05, 4.69) is 5.32 Å². The molecule has 1 aromatic heterocycles. The monoisotopic (exact) mass is 293 g/mol. The molecule has 2 aromatic rings. The van der Waals surface area contributed by atoms with Crippen LogP contribution in [0.15, 0.2) is 24.3 Å². The van der Waals surface area contributed by atoms with Crippen LogP contribution in [0.5, 0.6) is 0 Å². The molecule has 1 heterocycles. The van der Waals surface area contributed by atoms with Gasteiger partial charge >= 0.3 is 5.97 Å². The van der Waals surface area contributed by atoms with E-state index in [9.17, 15) is 14.0 Å². The highest BCUT2D eigenvalue weighted by Crippen LogP contribution is 2.45. The van der Waals surface area contributed by atoms with Crippen molar-refractivity contribution >= 4 is 33.3 Å². The van der Waals surface area contributed by atoms with Crippen LogP contribution in [0.2, 0.25) is 0 Å². The molecule has 0 aliphatic heterocycles. The van der Waals surface area contributed by atoms with Gasteiger partial charge in [-0.2, -0.15) is 0 Å². The number of fused-ring (bicyclic) bond motifs is 1. The second kappa shape index (κ2) is 4.56. The number of hydrogen-bond acceptors (Lipinski definition) is 3. The van der Waals surface area contributed by atoms with E-state index < -0.39 is 11.4 Å². The Morgan fingerprint density at radius 1 is 1.35 bits per heavy atom. The lowest BCUT2D eigenvalue weighted by Crippen LogP contribution is -2.33. The predicted octanol–water partition coefficient (Wildman–Crippen LogP) is 2.64. The summed E-state index contributed by atoms with van der Waals surface area (Å²) in [5, 5.41) is 12.4. The van der Waals surface area contributed by atoms with Crippen molar-refractivity contribution in [3.63, 3.8) is 0 Å². The Morgan fingerprint density at radius 3 is 2.75 bits per heavy atom. The summed E-state index contributed by atoms with van der Waals surface area (Å²) in [4.78, 5) is 23.5. The third-order valence-electron chi connectivity index (χ3n) is 3.60. The Bertz CT molecular complexity index is 706. The van der Waals surface area contributed by atoms with Crippen LogP contribution in [0.25, 0.3) is 10.1 Å². The molecule has 0 saturated heterocycles.